The molecule has 1 aliphatic heterocycles. The Morgan fingerprint density at radius 1 is 1.24 bits per heavy atom. The number of aromatic carboxylic acids is 1. The van der Waals surface area contributed by atoms with E-state index in [9.17, 15) is 13.2 Å². The number of carbonyl (C=O) groups is 1. The summed E-state index contributed by atoms with van der Waals surface area (Å²) in [7, 11) is -3.19. The van der Waals surface area contributed by atoms with Crippen LogP contribution < -0.4 is 0 Å². The first kappa shape index (κ1) is 17.5. The minimum Gasteiger partial charge on any atom is -0.478 e. The predicted molar refractivity (Wildman–Crippen MR) is 92.9 cm³/mol. The second kappa shape index (κ2) is 6.53. The van der Waals surface area contributed by atoms with Crippen molar-refractivity contribution in [2.75, 3.05) is 19.3 Å². The molecule has 1 saturated heterocycles. The minimum atomic E-state index is -3.19. The van der Waals surface area contributed by atoms with Crippen molar-refractivity contribution in [2.45, 2.75) is 19.3 Å². The average molecular weight is 361 g/mol. The average Bonchev–Trinajstić information content (AvgIpc) is 3.04. The molecule has 132 valence electrons. The van der Waals surface area contributed by atoms with Crippen LogP contribution in [0.15, 0.2) is 30.3 Å². The van der Waals surface area contributed by atoms with Gasteiger partial charge in [0.05, 0.1) is 17.5 Å². The first-order chi connectivity index (χ1) is 11.7. The van der Waals surface area contributed by atoms with Crippen LogP contribution >= 0.6 is 0 Å². The maximum absolute atomic E-state index is 11.7. The van der Waals surface area contributed by atoms with Crippen LogP contribution in [0.3, 0.4) is 0 Å². The summed E-state index contributed by atoms with van der Waals surface area (Å²) in [5, 5.41) is 8.99. The molecule has 1 aliphatic rings. The van der Waals surface area contributed by atoms with E-state index in [0.29, 0.717) is 24.6 Å². The number of benzene rings is 1. The predicted octanol–water partition coefficient (Wildman–Crippen LogP) is 1.90. The lowest BCUT2D eigenvalue weighted by Crippen LogP contribution is -2.27. The molecule has 2 aromatic rings. The molecule has 2 heterocycles. The van der Waals surface area contributed by atoms with Crippen molar-refractivity contribution in [1.82, 2.24) is 14.3 Å². The summed E-state index contributed by atoms with van der Waals surface area (Å²) < 4.78 is 24.9. The Kier molecular flexibility index (Phi) is 4.57. The van der Waals surface area contributed by atoms with Gasteiger partial charge >= 0.3 is 5.97 Å². The highest BCUT2D eigenvalue weighted by atomic mass is 32.2. The number of carboxylic acids is 1. The van der Waals surface area contributed by atoms with Crippen LogP contribution in [0.2, 0.25) is 0 Å². The fourth-order valence-electron chi connectivity index (χ4n) is 3.00. The van der Waals surface area contributed by atoms with Crippen molar-refractivity contribution >= 4 is 16.0 Å². The molecule has 3 rings (SSSR count). The van der Waals surface area contributed by atoms with Crippen LogP contribution in [0.1, 0.15) is 34.2 Å². The molecule has 0 amide bonds. The molecule has 0 unspecified atom stereocenters. The van der Waals surface area contributed by atoms with Gasteiger partial charge in [-0.15, -0.1) is 0 Å². The molecule has 0 saturated carbocycles. The van der Waals surface area contributed by atoms with Crippen LogP contribution in [-0.2, 0) is 10.0 Å². The molecule has 1 atom stereocenters. The molecule has 0 radical (unpaired) electrons. The molecule has 0 bridgehead atoms. The lowest BCUT2D eigenvalue weighted by molar-refractivity contribution is 0.0697. The fourth-order valence-corrected chi connectivity index (χ4v) is 3.89. The first-order valence-corrected chi connectivity index (χ1v) is 9.73. The van der Waals surface area contributed by atoms with Crippen LogP contribution in [0.25, 0.3) is 11.3 Å². The van der Waals surface area contributed by atoms with E-state index >= 15 is 0 Å². The molecular weight excluding hydrogens is 342 g/mol. The third kappa shape index (κ3) is 3.85. The van der Waals surface area contributed by atoms with E-state index in [1.807, 2.05) is 6.07 Å². The fraction of sp³-hybridized carbons (Fsp3) is 0.353. The van der Waals surface area contributed by atoms with Crippen LogP contribution in [0.4, 0.5) is 0 Å². The summed E-state index contributed by atoms with van der Waals surface area (Å²) in [5.41, 5.74) is 2.54. The Hall–Kier alpha value is -2.32. The lowest BCUT2D eigenvalue weighted by atomic mass is 10.0. The number of hydrogen-bond donors (Lipinski definition) is 1. The summed E-state index contributed by atoms with van der Waals surface area (Å²) in [6, 6.07) is 8.36. The van der Waals surface area contributed by atoms with E-state index < -0.39 is 16.0 Å². The number of rotatable bonds is 4. The van der Waals surface area contributed by atoms with Gasteiger partial charge in [0.1, 0.15) is 5.82 Å². The summed E-state index contributed by atoms with van der Waals surface area (Å²) in [4.78, 5) is 19.9. The first-order valence-electron chi connectivity index (χ1n) is 7.88. The maximum atomic E-state index is 11.7. The van der Waals surface area contributed by atoms with E-state index in [1.54, 1.807) is 19.1 Å². The Morgan fingerprint density at radius 3 is 2.48 bits per heavy atom. The molecule has 1 N–H and O–H groups in total. The summed E-state index contributed by atoms with van der Waals surface area (Å²) in [6.07, 6.45) is 1.94. The van der Waals surface area contributed by atoms with Crippen molar-refractivity contribution in [2.24, 2.45) is 0 Å². The van der Waals surface area contributed by atoms with E-state index in [-0.39, 0.29) is 11.5 Å². The minimum absolute atomic E-state index is 0.0356. The standard InChI is InChI=1S/C17H19N3O4S/c1-11-18-15(12-3-5-13(6-4-12)17(21)22)9-16(19-11)14-7-8-20(10-14)25(2,23)24/h3-6,9,14H,7-8,10H2,1-2H3,(H,21,22)/t14-/m0/s1. The number of aryl methyl sites for hydroxylation is 1. The lowest BCUT2D eigenvalue weighted by Gasteiger charge is -2.14. The number of nitrogens with zero attached hydrogens (tertiary/aromatic N) is 3. The maximum Gasteiger partial charge on any atom is 0.335 e. The van der Waals surface area contributed by atoms with Crippen molar-refractivity contribution in [3.8, 4) is 11.3 Å². The second-order valence-corrected chi connectivity index (χ2v) is 8.20. The Balaban J connectivity index is 1.90. The third-order valence-electron chi connectivity index (χ3n) is 4.32. The van der Waals surface area contributed by atoms with Gasteiger partial charge < -0.3 is 5.11 Å². The Morgan fingerprint density at radius 2 is 1.92 bits per heavy atom. The van der Waals surface area contributed by atoms with E-state index in [4.69, 9.17) is 5.11 Å². The Labute approximate surface area is 146 Å². The summed E-state index contributed by atoms with van der Waals surface area (Å²) in [6.45, 7) is 2.71. The highest BCUT2D eigenvalue weighted by Crippen LogP contribution is 2.29. The van der Waals surface area contributed by atoms with Crippen LogP contribution in [-0.4, -0.2) is 53.1 Å². The van der Waals surface area contributed by atoms with Gasteiger partial charge in [-0.3, -0.25) is 0 Å². The summed E-state index contributed by atoms with van der Waals surface area (Å²) >= 11 is 0. The van der Waals surface area contributed by atoms with Crippen molar-refractivity contribution in [1.29, 1.82) is 0 Å². The molecule has 25 heavy (non-hydrogen) atoms. The number of carboxylic acid groups (broad SMARTS) is 1. The zero-order chi connectivity index (χ0) is 18.2. The molecule has 1 aromatic heterocycles. The van der Waals surface area contributed by atoms with Gasteiger partial charge in [0.25, 0.3) is 0 Å². The number of hydrogen-bond acceptors (Lipinski definition) is 5. The molecule has 8 heteroatoms. The Bertz CT molecular complexity index is 910. The molecule has 0 spiro atoms. The van der Waals surface area contributed by atoms with Gasteiger partial charge in [-0.05, 0) is 31.5 Å². The largest absolute Gasteiger partial charge is 0.478 e. The SMILES string of the molecule is Cc1nc(-c2ccc(C(=O)O)cc2)cc([C@H]2CCN(S(C)(=O)=O)C2)n1. The molecule has 0 aliphatic carbocycles. The molecular formula is C17H19N3O4S. The van der Waals surface area contributed by atoms with Crippen LogP contribution in [0.5, 0.6) is 0 Å². The highest BCUT2D eigenvalue weighted by molar-refractivity contribution is 7.88. The van der Waals surface area contributed by atoms with Crippen molar-refractivity contribution < 1.29 is 18.3 Å². The van der Waals surface area contributed by atoms with E-state index in [0.717, 1.165) is 17.7 Å². The topological polar surface area (TPSA) is 100 Å². The summed E-state index contributed by atoms with van der Waals surface area (Å²) in [5.74, 6) is -0.334. The van der Waals surface area contributed by atoms with Gasteiger partial charge in [-0.2, -0.15) is 0 Å². The van der Waals surface area contributed by atoms with Gasteiger partial charge in [0.2, 0.25) is 10.0 Å². The normalized spacial score (nSPS) is 18.4. The van der Waals surface area contributed by atoms with Crippen LogP contribution in [0, 0.1) is 6.92 Å². The number of sulfonamides is 1. The third-order valence-corrected chi connectivity index (χ3v) is 5.59. The number of aromatic nitrogens is 2. The zero-order valence-electron chi connectivity index (χ0n) is 14.0. The van der Waals surface area contributed by atoms with Gasteiger partial charge in [0, 0.05) is 30.3 Å². The highest BCUT2D eigenvalue weighted by Gasteiger charge is 2.30. The van der Waals surface area contributed by atoms with E-state index in [1.165, 1.54) is 22.7 Å². The molecule has 1 aromatic carbocycles. The molecule has 1 fully saturated rings. The van der Waals surface area contributed by atoms with Crippen molar-refractivity contribution in [3.63, 3.8) is 0 Å². The quantitative estimate of drug-likeness (QED) is 0.893. The van der Waals surface area contributed by atoms with Crippen molar-refractivity contribution in [3.05, 3.63) is 47.4 Å². The van der Waals surface area contributed by atoms with E-state index in [2.05, 4.69) is 9.97 Å². The smallest absolute Gasteiger partial charge is 0.335 e. The van der Waals surface area contributed by atoms with Gasteiger partial charge in [-0.1, -0.05) is 12.1 Å². The zero-order valence-corrected chi connectivity index (χ0v) is 14.8. The van der Waals surface area contributed by atoms with Gasteiger partial charge in [0.15, 0.2) is 0 Å². The van der Waals surface area contributed by atoms with Gasteiger partial charge in [-0.25, -0.2) is 27.5 Å². The molecule has 7 nitrogen and oxygen atoms in total. The monoisotopic (exact) mass is 361 g/mol. The second-order valence-electron chi connectivity index (χ2n) is 6.21.